The molecule has 17 heavy (non-hydrogen) atoms. The minimum atomic E-state index is -4.69. The number of primary amides is 1. The predicted molar refractivity (Wildman–Crippen MR) is 55.4 cm³/mol. The van der Waals surface area contributed by atoms with Gasteiger partial charge in [0.2, 0.25) is 5.91 Å². The molecule has 0 aliphatic heterocycles. The molecule has 0 aliphatic rings. The highest BCUT2D eigenvalue weighted by Crippen LogP contribution is 2.23. The average molecular weight is 248 g/mol. The zero-order valence-corrected chi connectivity index (χ0v) is 8.75. The molecule has 0 heterocycles. The van der Waals surface area contributed by atoms with E-state index in [1.54, 1.807) is 0 Å². The number of halogens is 3. The van der Waals surface area contributed by atoms with Crippen molar-refractivity contribution >= 4 is 11.6 Å². The number of hydrogen-bond acceptors (Lipinski definition) is 3. The van der Waals surface area contributed by atoms with E-state index in [0.717, 1.165) is 0 Å². The summed E-state index contributed by atoms with van der Waals surface area (Å²) >= 11 is 0. The van der Waals surface area contributed by atoms with Crippen LogP contribution in [0.25, 0.3) is 0 Å². The second-order valence-electron chi connectivity index (χ2n) is 3.22. The lowest BCUT2D eigenvalue weighted by atomic mass is 10.3. The van der Waals surface area contributed by atoms with Gasteiger partial charge < -0.3 is 15.8 Å². The van der Waals surface area contributed by atoms with Gasteiger partial charge in [-0.15, -0.1) is 13.2 Å². The molecule has 4 nitrogen and oxygen atoms in total. The van der Waals surface area contributed by atoms with Gasteiger partial charge in [-0.1, -0.05) is 0 Å². The smallest absolute Gasteiger partial charge is 0.406 e. The molecule has 1 rings (SSSR count). The fourth-order valence-electron chi connectivity index (χ4n) is 1.10. The Bertz CT molecular complexity index is 376. The highest BCUT2D eigenvalue weighted by atomic mass is 19.4. The molecule has 1 aromatic carbocycles. The number of anilines is 1. The van der Waals surface area contributed by atoms with E-state index in [2.05, 4.69) is 10.1 Å². The summed E-state index contributed by atoms with van der Waals surface area (Å²) in [5, 5.41) is 2.83. The lowest BCUT2D eigenvalue weighted by molar-refractivity contribution is -0.274. The number of nitrogens with one attached hydrogen (secondary N) is 1. The molecule has 0 spiro atoms. The van der Waals surface area contributed by atoms with Crippen LogP contribution in [0.2, 0.25) is 0 Å². The van der Waals surface area contributed by atoms with Crippen LogP contribution in [0.5, 0.6) is 5.75 Å². The molecular formula is C10H11F3N2O2. The van der Waals surface area contributed by atoms with Gasteiger partial charge in [0.05, 0.1) is 0 Å². The topological polar surface area (TPSA) is 64.4 Å². The van der Waals surface area contributed by atoms with Gasteiger partial charge in [-0.05, 0) is 24.3 Å². The van der Waals surface area contributed by atoms with Crippen molar-refractivity contribution < 1.29 is 22.7 Å². The number of nitrogens with two attached hydrogens (primary N) is 1. The van der Waals surface area contributed by atoms with Crippen LogP contribution in [-0.4, -0.2) is 18.8 Å². The van der Waals surface area contributed by atoms with Gasteiger partial charge >= 0.3 is 6.36 Å². The molecule has 0 unspecified atom stereocenters. The monoisotopic (exact) mass is 248 g/mol. The van der Waals surface area contributed by atoms with Crippen LogP contribution in [-0.2, 0) is 4.79 Å². The van der Waals surface area contributed by atoms with Crippen LogP contribution in [0, 0.1) is 0 Å². The normalized spacial score (nSPS) is 11.0. The number of benzene rings is 1. The third kappa shape index (κ3) is 5.64. The van der Waals surface area contributed by atoms with Crippen molar-refractivity contribution in [1.82, 2.24) is 0 Å². The fraction of sp³-hybridized carbons (Fsp3) is 0.300. The van der Waals surface area contributed by atoms with E-state index in [1.165, 1.54) is 24.3 Å². The van der Waals surface area contributed by atoms with Crippen molar-refractivity contribution in [3.63, 3.8) is 0 Å². The van der Waals surface area contributed by atoms with E-state index in [9.17, 15) is 18.0 Å². The number of carbonyl (C=O) groups excluding carboxylic acids is 1. The molecule has 0 aliphatic carbocycles. The third-order valence-electron chi connectivity index (χ3n) is 1.79. The van der Waals surface area contributed by atoms with Crippen molar-refractivity contribution in [2.75, 3.05) is 11.9 Å². The van der Waals surface area contributed by atoms with E-state index in [0.29, 0.717) is 12.2 Å². The summed E-state index contributed by atoms with van der Waals surface area (Å²) in [6.07, 6.45) is -4.54. The van der Waals surface area contributed by atoms with Crippen LogP contribution in [0.1, 0.15) is 6.42 Å². The van der Waals surface area contributed by atoms with Crippen LogP contribution in [0.4, 0.5) is 18.9 Å². The number of hydrogen-bond donors (Lipinski definition) is 2. The highest BCUT2D eigenvalue weighted by molar-refractivity contribution is 5.74. The Morgan fingerprint density at radius 1 is 1.29 bits per heavy atom. The number of amides is 1. The molecule has 7 heteroatoms. The van der Waals surface area contributed by atoms with Crippen molar-refractivity contribution in [3.8, 4) is 5.75 Å². The lowest BCUT2D eigenvalue weighted by Crippen LogP contribution is -2.17. The highest BCUT2D eigenvalue weighted by Gasteiger charge is 2.30. The molecule has 1 amide bonds. The SMILES string of the molecule is NC(=O)CCNc1ccc(OC(F)(F)F)cc1. The van der Waals surface area contributed by atoms with E-state index in [1.807, 2.05) is 0 Å². The predicted octanol–water partition coefficient (Wildman–Crippen LogP) is 1.87. The summed E-state index contributed by atoms with van der Waals surface area (Å²) in [6, 6.07) is 5.20. The summed E-state index contributed by atoms with van der Waals surface area (Å²) < 4.78 is 39.2. The van der Waals surface area contributed by atoms with E-state index in [-0.39, 0.29) is 12.2 Å². The maximum Gasteiger partial charge on any atom is 0.573 e. The van der Waals surface area contributed by atoms with Gasteiger partial charge in [0, 0.05) is 18.7 Å². The minimum Gasteiger partial charge on any atom is -0.406 e. The molecule has 0 aromatic heterocycles. The van der Waals surface area contributed by atoms with Gasteiger partial charge in [-0.2, -0.15) is 0 Å². The quantitative estimate of drug-likeness (QED) is 0.836. The van der Waals surface area contributed by atoms with Gasteiger partial charge in [-0.3, -0.25) is 4.79 Å². The zero-order chi connectivity index (χ0) is 12.9. The molecule has 0 saturated carbocycles. The fourth-order valence-corrected chi connectivity index (χ4v) is 1.10. The number of ether oxygens (including phenoxy) is 1. The van der Waals surface area contributed by atoms with Crippen molar-refractivity contribution in [2.24, 2.45) is 5.73 Å². The molecule has 3 N–H and O–H groups in total. The van der Waals surface area contributed by atoms with Gasteiger partial charge in [-0.25, -0.2) is 0 Å². The third-order valence-corrected chi connectivity index (χ3v) is 1.79. The second kappa shape index (κ2) is 5.42. The number of rotatable bonds is 5. The minimum absolute atomic E-state index is 0.154. The largest absolute Gasteiger partial charge is 0.573 e. The Kier molecular flexibility index (Phi) is 4.19. The number of carbonyl (C=O) groups is 1. The van der Waals surface area contributed by atoms with Gasteiger partial charge in [0.15, 0.2) is 0 Å². The maximum absolute atomic E-state index is 11.8. The van der Waals surface area contributed by atoms with Crippen LogP contribution in [0.3, 0.4) is 0 Å². The molecule has 94 valence electrons. The molecule has 0 bridgehead atoms. The van der Waals surface area contributed by atoms with Gasteiger partial charge in [0.25, 0.3) is 0 Å². The van der Waals surface area contributed by atoms with Crippen LogP contribution < -0.4 is 15.8 Å². The Morgan fingerprint density at radius 3 is 2.35 bits per heavy atom. The zero-order valence-electron chi connectivity index (χ0n) is 8.75. The van der Waals surface area contributed by atoms with Crippen molar-refractivity contribution in [2.45, 2.75) is 12.8 Å². The maximum atomic E-state index is 11.8. The average Bonchev–Trinajstić information content (AvgIpc) is 2.18. The van der Waals surface area contributed by atoms with Crippen molar-refractivity contribution in [3.05, 3.63) is 24.3 Å². The first-order valence-corrected chi connectivity index (χ1v) is 4.75. The Hall–Kier alpha value is -1.92. The molecule has 0 fully saturated rings. The first-order chi connectivity index (χ1) is 7.87. The second-order valence-corrected chi connectivity index (χ2v) is 3.22. The van der Waals surface area contributed by atoms with Crippen LogP contribution >= 0.6 is 0 Å². The molecule has 1 aromatic rings. The standard InChI is InChI=1S/C10H11F3N2O2/c11-10(12,13)17-8-3-1-7(2-4-8)15-6-5-9(14)16/h1-4,15H,5-6H2,(H2,14,16). The van der Waals surface area contributed by atoms with Crippen molar-refractivity contribution in [1.29, 1.82) is 0 Å². The van der Waals surface area contributed by atoms with E-state index in [4.69, 9.17) is 5.73 Å². The molecular weight excluding hydrogens is 237 g/mol. The summed E-state index contributed by atoms with van der Waals surface area (Å²) in [7, 11) is 0. The summed E-state index contributed by atoms with van der Waals surface area (Å²) in [4.78, 5) is 10.4. The van der Waals surface area contributed by atoms with E-state index < -0.39 is 12.3 Å². The Morgan fingerprint density at radius 2 is 1.88 bits per heavy atom. The molecule has 0 atom stereocenters. The van der Waals surface area contributed by atoms with Gasteiger partial charge in [0.1, 0.15) is 5.75 Å². The van der Waals surface area contributed by atoms with E-state index >= 15 is 0 Å². The summed E-state index contributed by atoms with van der Waals surface area (Å²) in [6.45, 7) is 0.328. The lowest BCUT2D eigenvalue weighted by Gasteiger charge is -2.10. The summed E-state index contributed by atoms with van der Waals surface area (Å²) in [5.74, 6) is -0.743. The first kappa shape index (κ1) is 13.1. The summed E-state index contributed by atoms with van der Waals surface area (Å²) in [5.41, 5.74) is 5.51. The van der Waals surface area contributed by atoms with Crippen LogP contribution in [0.15, 0.2) is 24.3 Å². The Labute approximate surface area is 95.6 Å². The Balaban J connectivity index is 2.47. The molecule has 0 saturated heterocycles. The molecule has 0 radical (unpaired) electrons. The number of alkyl halides is 3. The first-order valence-electron chi connectivity index (χ1n) is 4.75.